The van der Waals surface area contributed by atoms with Crippen molar-refractivity contribution in [3.8, 4) is 17.0 Å². The minimum absolute atomic E-state index is 0.432. The summed E-state index contributed by atoms with van der Waals surface area (Å²) < 4.78 is 13.1. The summed E-state index contributed by atoms with van der Waals surface area (Å²) in [5.41, 5.74) is 2.79. The topological polar surface area (TPSA) is 77.3 Å². The molecule has 4 heterocycles. The second-order valence-electron chi connectivity index (χ2n) is 10.3. The summed E-state index contributed by atoms with van der Waals surface area (Å²) in [5.74, 6) is 3.87. The second-order valence-corrected chi connectivity index (χ2v) is 10.3. The summed E-state index contributed by atoms with van der Waals surface area (Å²) in [6.45, 7) is 5.60. The van der Waals surface area contributed by atoms with Crippen molar-refractivity contribution >= 4 is 16.7 Å². The van der Waals surface area contributed by atoms with Crippen LogP contribution in [0.3, 0.4) is 0 Å². The molecule has 1 saturated carbocycles. The first-order chi connectivity index (χ1) is 16.6. The van der Waals surface area contributed by atoms with Crippen LogP contribution < -0.4 is 10.1 Å². The Morgan fingerprint density at radius 2 is 1.88 bits per heavy atom. The standard InChI is InChI=1S/C26H34N6O2/c1-31-14-21-9-18(3-4-23(21)30-31)24-12-25(33-2)26(29-28-24)27-22-10-19-15-32(16-20(19)11-22)13-17-5-7-34-8-6-17/h3-4,9,12,14,17,19-20,22H,5-8,10-11,13,15-16H2,1-2H3,(H,27,29)/t19-,20-/m1/s1. The molecule has 0 spiro atoms. The average molecular weight is 463 g/mol. The maximum atomic E-state index is 5.71. The van der Waals surface area contributed by atoms with Crippen LogP contribution in [0.25, 0.3) is 22.2 Å². The molecule has 2 atom stereocenters. The lowest BCUT2D eigenvalue weighted by molar-refractivity contribution is 0.0545. The maximum absolute atomic E-state index is 5.71. The number of rotatable bonds is 6. The minimum atomic E-state index is 0.432. The van der Waals surface area contributed by atoms with Crippen LogP contribution in [0.1, 0.15) is 25.7 Å². The minimum Gasteiger partial charge on any atom is -0.493 e. The van der Waals surface area contributed by atoms with E-state index in [1.807, 2.05) is 36.1 Å². The van der Waals surface area contributed by atoms with Crippen molar-refractivity contribution in [1.29, 1.82) is 0 Å². The van der Waals surface area contributed by atoms with Gasteiger partial charge in [-0.2, -0.15) is 5.10 Å². The molecule has 0 bridgehead atoms. The lowest BCUT2D eigenvalue weighted by Crippen LogP contribution is -2.32. The normalized spacial score (nSPS) is 24.1. The Balaban J connectivity index is 1.10. The van der Waals surface area contributed by atoms with Gasteiger partial charge in [-0.1, -0.05) is 6.07 Å². The summed E-state index contributed by atoms with van der Waals surface area (Å²) in [5, 5.41) is 18.2. The molecule has 8 heteroatoms. The fourth-order valence-electron chi connectivity index (χ4n) is 6.23. The zero-order valence-electron chi connectivity index (χ0n) is 20.1. The van der Waals surface area contributed by atoms with Gasteiger partial charge in [0.1, 0.15) is 0 Å². The largest absolute Gasteiger partial charge is 0.493 e. The van der Waals surface area contributed by atoms with Gasteiger partial charge in [-0.15, -0.1) is 10.2 Å². The van der Waals surface area contributed by atoms with Gasteiger partial charge in [-0.3, -0.25) is 4.68 Å². The van der Waals surface area contributed by atoms with E-state index in [4.69, 9.17) is 9.47 Å². The number of nitrogens with zero attached hydrogens (tertiary/aromatic N) is 5. The van der Waals surface area contributed by atoms with Gasteiger partial charge in [-0.05, 0) is 55.6 Å². The molecule has 1 aliphatic carbocycles. The molecule has 1 N–H and O–H groups in total. The highest BCUT2D eigenvalue weighted by Gasteiger charge is 2.41. The lowest BCUT2D eigenvalue weighted by Gasteiger charge is -2.27. The highest BCUT2D eigenvalue weighted by atomic mass is 16.5. The van der Waals surface area contributed by atoms with Gasteiger partial charge < -0.3 is 19.7 Å². The number of anilines is 1. The first kappa shape index (κ1) is 21.8. The smallest absolute Gasteiger partial charge is 0.191 e. The van der Waals surface area contributed by atoms with E-state index in [9.17, 15) is 0 Å². The first-order valence-corrected chi connectivity index (χ1v) is 12.6. The summed E-state index contributed by atoms with van der Waals surface area (Å²) in [4.78, 5) is 2.70. The van der Waals surface area contributed by atoms with Crippen LogP contribution in [0.5, 0.6) is 5.75 Å². The summed E-state index contributed by atoms with van der Waals surface area (Å²) in [6.07, 6.45) is 6.85. The zero-order valence-corrected chi connectivity index (χ0v) is 20.1. The van der Waals surface area contributed by atoms with Crippen LogP contribution >= 0.6 is 0 Å². The molecule has 0 amide bonds. The van der Waals surface area contributed by atoms with Crippen molar-refractivity contribution in [2.75, 3.05) is 45.3 Å². The predicted octanol–water partition coefficient (Wildman–Crippen LogP) is 3.59. The number of nitrogens with one attached hydrogen (secondary N) is 1. The van der Waals surface area contributed by atoms with Crippen LogP contribution in [-0.4, -0.2) is 70.9 Å². The van der Waals surface area contributed by atoms with Crippen molar-refractivity contribution in [2.45, 2.75) is 31.7 Å². The molecule has 34 heavy (non-hydrogen) atoms. The Bertz CT molecular complexity index is 1140. The van der Waals surface area contributed by atoms with E-state index in [-0.39, 0.29) is 0 Å². The molecule has 6 rings (SSSR count). The van der Waals surface area contributed by atoms with E-state index >= 15 is 0 Å². The van der Waals surface area contributed by atoms with E-state index < -0.39 is 0 Å². The first-order valence-electron chi connectivity index (χ1n) is 12.6. The number of fused-ring (bicyclic) bond motifs is 2. The number of methoxy groups -OCH3 is 1. The molecular formula is C26H34N6O2. The third kappa shape index (κ3) is 4.36. The van der Waals surface area contributed by atoms with Crippen molar-refractivity contribution in [1.82, 2.24) is 24.9 Å². The zero-order chi connectivity index (χ0) is 23.1. The van der Waals surface area contributed by atoms with Gasteiger partial charge in [0.15, 0.2) is 11.6 Å². The van der Waals surface area contributed by atoms with Gasteiger partial charge >= 0.3 is 0 Å². The lowest BCUT2D eigenvalue weighted by atomic mass is 10.00. The molecule has 3 aliphatic rings. The Labute approximate surface area is 200 Å². The third-order valence-corrected chi connectivity index (χ3v) is 7.92. The Kier molecular flexibility index (Phi) is 5.87. The Morgan fingerprint density at radius 3 is 2.65 bits per heavy atom. The van der Waals surface area contributed by atoms with Crippen molar-refractivity contribution in [3.63, 3.8) is 0 Å². The highest BCUT2D eigenvalue weighted by molar-refractivity contribution is 5.83. The highest BCUT2D eigenvalue weighted by Crippen LogP contribution is 2.40. The fraction of sp³-hybridized carbons (Fsp3) is 0.577. The SMILES string of the molecule is COc1cc(-c2ccc3nn(C)cc3c2)nnc1NC1C[C@@H]2CN(CC3CCOCC3)C[C@H]2C1. The second kappa shape index (κ2) is 9.15. The van der Waals surface area contributed by atoms with Gasteiger partial charge in [0, 0.05) is 69.2 Å². The molecule has 1 aromatic carbocycles. The number of ether oxygens (including phenoxy) is 2. The molecule has 180 valence electrons. The predicted molar refractivity (Wildman–Crippen MR) is 132 cm³/mol. The number of benzene rings is 1. The summed E-state index contributed by atoms with van der Waals surface area (Å²) in [7, 11) is 3.64. The van der Waals surface area contributed by atoms with Crippen molar-refractivity contribution in [2.24, 2.45) is 24.8 Å². The van der Waals surface area contributed by atoms with Crippen LogP contribution in [0.4, 0.5) is 5.82 Å². The third-order valence-electron chi connectivity index (χ3n) is 7.92. The van der Waals surface area contributed by atoms with E-state index in [1.165, 1.54) is 45.3 Å². The Hall–Kier alpha value is -2.71. The summed E-state index contributed by atoms with van der Waals surface area (Å²) >= 11 is 0. The molecule has 3 aromatic rings. The quantitative estimate of drug-likeness (QED) is 0.600. The van der Waals surface area contributed by atoms with Gasteiger partial charge in [0.25, 0.3) is 0 Å². The van der Waals surface area contributed by atoms with Gasteiger partial charge in [0.05, 0.1) is 18.3 Å². The van der Waals surface area contributed by atoms with Crippen LogP contribution in [-0.2, 0) is 11.8 Å². The van der Waals surface area contributed by atoms with E-state index in [2.05, 4.69) is 31.6 Å². The number of likely N-dealkylation sites (tertiary alicyclic amines) is 1. The maximum Gasteiger partial charge on any atom is 0.191 e. The molecular weight excluding hydrogens is 428 g/mol. The van der Waals surface area contributed by atoms with Crippen molar-refractivity contribution in [3.05, 3.63) is 30.5 Å². The van der Waals surface area contributed by atoms with E-state index in [1.54, 1.807) is 7.11 Å². The molecule has 0 unspecified atom stereocenters. The van der Waals surface area contributed by atoms with Crippen LogP contribution in [0.15, 0.2) is 30.5 Å². The van der Waals surface area contributed by atoms with Gasteiger partial charge in [-0.25, -0.2) is 0 Å². The fourth-order valence-corrected chi connectivity index (χ4v) is 6.23. The molecule has 8 nitrogen and oxygen atoms in total. The number of aromatic nitrogens is 4. The van der Waals surface area contributed by atoms with Crippen LogP contribution in [0, 0.1) is 17.8 Å². The van der Waals surface area contributed by atoms with E-state index in [0.29, 0.717) is 6.04 Å². The molecule has 2 saturated heterocycles. The Morgan fingerprint density at radius 1 is 1.09 bits per heavy atom. The number of aryl methyl sites for hydroxylation is 1. The molecule has 3 fully saturated rings. The van der Waals surface area contributed by atoms with Crippen molar-refractivity contribution < 1.29 is 9.47 Å². The average Bonchev–Trinajstić information content (AvgIpc) is 3.51. The molecule has 0 radical (unpaired) electrons. The molecule has 2 aliphatic heterocycles. The monoisotopic (exact) mass is 462 g/mol. The summed E-state index contributed by atoms with van der Waals surface area (Å²) in [6, 6.07) is 8.58. The number of hydrogen-bond acceptors (Lipinski definition) is 7. The van der Waals surface area contributed by atoms with Gasteiger partial charge in [0.2, 0.25) is 0 Å². The number of hydrogen-bond donors (Lipinski definition) is 1. The van der Waals surface area contributed by atoms with Crippen LogP contribution in [0.2, 0.25) is 0 Å². The van der Waals surface area contributed by atoms with E-state index in [0.717, 1.165) is 64.7 Å². The molecule has 2 aromatic heterocycles.